The molecule has 1 rings (SSSR count). The molecule has 1 heterocycles. The summed E-state index contributed by atoms with van der Waals surface area (Å²) in [5, 5.41) is 0. The van der Waals surface area contributed by atoms with Crippen molar-refractivity contribution in [3.05, 3.63) is 28.7 Å². The molecule has 0 radical (unpaired) electrons. The van der Waals surface area contributed by atoms with E-state index in [0.717, 1.165) is 6.20 Å². The van der Waals surface area contributed by atoms with Gasteiger partial charge in [-0.3, -0.25) is 4.79 Å². The second kappa shape index (κ2) is 5.95. The highest BCUT2D eigenvalue weighted by Gasteiger charge is 2.18. The Hall–Kier alpha value is -1.18. The van der Waals surface area contributed by atoms with E-state index in [4.69, 9.17) is 4.74 Å². The van der Waals surface area contributed by atoms with E-state index in [0.29, 0.717) is 6.61 Å². The number of sulfonamides is 1. The fraction of sp³-hybridized carbons (Fsp3) is 0.500. The van der Waals surface area contributed by atoms with E-state index in [-0.39, 0.29) is 17.5 Å². The topological polar surface area (TPSA) is 88.3 Å². The van der Waals surface area contributed by atoms with Crippen molar-refractivity contribution in [1.29, 1.82) is 0 Å². The van der Waals surface area contributed by atoms with E-state index in [1.54, 1.807) is 6.92 Å². The van der Waals surface area contributed by atoms with Crippen molar-refractivity contribution in [3.8, 4) is 0 Å². The third-order valence-corrected chi connectivity index (χ3v) is 3.53. The summed E-state index contributed by atoms with van der Waals surface area (Å²) in [7, 11) is -3.78. The Kier molecular flexibility index (Phi) is 4.86. The largest absolute Gasteiger partial charge is 0.377 e. The molecule has 0 aliphatic heterocycles. The lowest BCUT2D eigenvalue weighted by Crippen LogP contribution is -2.34. The maximum Gasteiger partial charge on any atom is 0.246 e. The smallest absolute Gasteiger partial charge is 0.246 e. The molecule has 17 heavy (non-hydrogen) atoms. The maximum atomic E-state index is 11.8. The van der Waals surface area contributed by atoms with Crippen LogP contribution in [0.25, 0.3) is 0 Å². The van der Waals surface area contributed by atoms with Gasteiger partial charge in [-0.15, -0.1) is 0 Å². The second-order valence-electron chi connectivity index (χ2n) is 3.49. The van der Waals surface area contributed by atoms with Crippen LogP contribution < -0.4 is 10.2 Å². The van der Waals surface area contributed by atoms with Gasteiger partial charge in [0.05, 0.1) is 6.10 Å². The minimum atomic E-state index is -3.78. The summed E-state index contributed by atoms with van der Waals surface area (Å²) in [6, 6.07) is 1.17. The highest BCUT2D eigenvalue weighted by molar-refractivity contribution is 7.89. The van der Waals surface area contributed by atoms with Crippen LogP contribution in [-0.2, 0) is 14.8 Å². The monoisotopic (exact) mass is 260 g/mol. The molecule has 0 saturated carbocycles. The van der Waals surface area contributed by atoms with Crippen LogP contribution in [0.5, 0.6) is 0 Å². The van der Waals surface area contributed by atoms with E-state index in [1.807, 2.05) is 6.92 Å². The predicted molar refractivity (Wildman–Crippen MR) is 63.3 cm³/mol. The quantitative estimate of drug-likeness (QED) is 0.758. The molecule has 7 heteroatoms. The molecule has 1 atom stereocenters. The van der Waals surface area contributed by atoms with Gasteiger partial charge in [0.2, 0.25) is 15.5 Å². The van der Waals surface area contributed by atoms with Crippen molar-refractivity contribution in [2.75, 3.05) is 13.2 Å². The Balaban J connectivity index is 2.77. The van der Waals surface area contributed by atoms with Crippen molar-refractivity contribution in [2.45, 2.75) is 24.8 Å². The van der Waals surface area contributed by atoms with E-state index in [1.165, 1.54) is 12.3 Å². The summed E-state index contributed by atoms with van der Waals surface area (Å²) in [6.45, 7) is 4.22. The minimum Gasteiger partial charge on any atom is -0.377 e. The Morgan fingerprint density at radius 3 is 2.82 bits per heavy atom. The van der Waals surface area contributed by atoms with Crippen LogP contribution in [0.3, 0.4) is 0 Å². The van der Waals surface area contributed by atoms with Crippen LogP contribution in [0, 0.1) is 0 Å². The lowest BCUT2D eigenvalue weighted by molar-refractivity contribution is 0.0799. The summed E-state index contributed by atoms with van der Waals surface area (Å²) in [6.07, 6.45) is 2.30. The van der Waals surface area contributed by atoms with E-state index in [2.05, 4.69) is 9.71 Å². The molecule has 96 valence electrons. The van der Waals surface area contributed by atoms with Crippen molar-refractivity contribution in [2.24, 2.45) is 0 Å². The van der Waals surface area contributed by atoms with E-state index < -0.39 is 15.5 Å². The molecule has 6 nitrogen and oxygen atoms in total. The lowest BCUT2D eigenvalue weighted by atomic mass is 10.4. The van der Waals surface area contributed by atoms with Gasteiger partial charge in [-0.25, -0.2) is 13.1 Å². The molecule has 1 aromatic heterocycles. The standard InChI is InChI=1S/C10H16N2O4S/c1-3-16-8(2)6-12-17(14,15)10-7-11-5-4-9(10)13/h4-5,7-8,12H,3,6H2,1-2H3,(H,11,13). The van der Waals surface area contributed by atoms with Crippen molar-refractivity contribution < 1.29 is 13.2 Å². The highest BCUT2D eigenvalue weighted by Crippen LogP contribution is 2.00. The maximum absolute atomic E-state index is 11.8. The molecule has 0 saturated heterocycles. The Labute approximate surface area is 100 Å². The number of ether oxygens (including phenoxy) is 1. The van der Waals surface area contributed by atoms with Crippen molar-refractivity contribution in [1.82, 2.24) is 9.71 Å². The molecule has 0 aromatic carbocycles. The first-order chi connectivity index (χ1) is 7.97. The molecule has 0 amide bonds. The van der Waals surface area contributed by atoms with Gasteiger partial charge >= 0.3 is 0 Å². The first-order valence-electron chi connectivity index (χ1n) is 5.25. The number of hydrogen-bond acceptors (Lipinski definition) is 4. The first kappa shape index (κ1) is 13.9. The second-order valence-corrected chi connectivity index (χ2v) is 5.23. The number of nitrogens with one attached hydrogen (secondary N) is 2. The van der Waals surface area contributed by atoms with Gasteiger partial charge < -0.3 is 9.72 Å². The van der Waals surface area contributed by atoms with Crippen LogP contribution in [-0.4, -0.2) is 32.7 Å². The Morgan fingerprint density at radius 1 is 1.53 bits per heavy atom. The van der Waals surface area contributed by atoms with E-state index >= 15 is 0 Å². The van der Waals surface area contributed by atoms with Gasteiger partial charge in [0.1, 0.15) is 4.90 Å². The normalized spacial score (nSPS) is 13.5. The molecule has 0 fully saturated rings. The van der Waals surface area contributed by atoms with Crippen LogP contribution in [0.1, 0.15) is 13.8 Å². The highest BCUT2D eigenvalue weighted by atomic mass is 32.2. The Morgan fingerprint density at radius 2 is 2.24 bits per heavy atom. The predicted octanol–water partition coefficient (Wildman–Crippen LogP) is 0.0782. The number of H-pyrrole nitrogens is 1. The number of rotatable bonds is 6. The SMILES string of the molecule is CCOC(C)CNS(=O)(=O)c1c[nH]ccc1=O. The van der Waals surface area contributed by atoms with Crippen LogP contribution in [0.15, 0.2) is 28.2 Å². The summed E-state index contributed by atoms with van der Waals surface area (Å²) in [5.41, 5.74) is -0.541. The fourth-order valence-corrected chi connectivity index (χ4v) is 2.42. The Bertz CT molecular complexity index is 509. The average molecular weight is 260 g/mol. The van der Waals surface area contributed by atoms with Gasteiger partial charge in [0.25, 0.3) is 0 Å². The third kappa shape index (κ3) is 3.95. The molecule has 0 aliphatic carbocycles. The molecule has 0 aliphatic rings. The summed E-state index contributed by atoms with van der Waals surface area (Å²) < 4.78 is 31.1. The van der Waals surface area contributed by atoms with Gasteiger partial charge in [0.15, 0.2) is 0 Å². The average Bonchev–Trinajstić information content (AvgIpc) is 2.27. The number of hydrogen-bond donors (Lipinski definition) is 2. The fourth-order valence-electron chi connectivity index (χ4n) is 1.26. The molecule has 0 spiro atoms. The van der Waals surface area contributed by atoms with Gasteiger partial charge in [-0.1, -0.05) is 0 Å². The molecule has 0 bridgehead atoms. The van der Waals surface area contributed by atoms with E-state index in [9.17, 15) is 13.2 Å². The number of aromatic amines is 1. The van der Waals surface area contributed by atoms with Crippen LogP contribution >= 0.6 is 0 Å². The number of pyridine rings is 1. The van der Waals surface area contributed by atoms with Crippen LogP contribution in [0.4, 0.5) is 0 Å². The van der Waals surface area contributed by atoms with Crippen molar-refractivity contribution >= 4 is 10.0 Å². The molecule has 2 N–H and O–H groups in total. The van der Waals surface area contributed by atoms with Crippen LogP contribution in [0.2, 0.25) is 0 Å². The molecule has 1 aromatic rings. The zero-order valence-electron chi connectivity index (χ0n) is 9.76. The van der Waals surface area contributed by atoms with Gasteiger partial charge in [-0.2, -0.15) is 0 Å². The minimum absolute atomic E-state index is 0.129. The summed E-state index contributed by atoms with van der Waals surface area (Å²) in [5.74, 6) is 0. The summed E-state index contributed by atoms with van der Waals surface area (Å²) in [4.78, 5) is 13.6. The van der Waals surface area contributed by atoms with Crippen molar-refractivity contribution in [3.63, 3.8) is 0 Å². The van der Waals surface area contributed by atoms with Gasteiger partial charge in [0, 0.05) is 31.6 Å². The zero-order chi connectivity index (χ0) is 12.9. The summed E-state index contributed by atoms with van der Waals surface area (Å²) >= 11 is 0. The third-order valence-electron chi connectivity index (χ3n) is 2.09. The molecular weight excluding hydrogens is 244 g/mol. The number of aromatic nitrogens is 1. The van der Waals surface area contributed by atoms with Gasteiger partial charge in [-0.05, 0) is 13.8 Å². The first-order valence-corrected chi connectivity index (χ1v) is 6.74. The molecule has 1 unspecified atom stereocenters. The molecular formula is C10H16N2O4S. The zero-order valence-corrected chi connectivity index (χ0v) is 10.6. The lowest BCUT2D eigenvalue weighted by Gasteiger charge is -2.12.